The van der Waals surface area contributed by atoms with Crippen molar-refractivity contribution in [3.05, 3.63) is 64.7 Å². The molecule has 1 saturated carbocycles. The molecule has 0 spiro atoms. The van der Waals surface area contributed by atoms with E-state index in [0.29, 0.717) is 11.5 Å². The molecule has 1 N–H and O–H groups in total. The lowest BCUT2D eigenvalue weighted by Crippen LogP contribution is -2.34. The zero-order chi connectivity index (χ0) is 22.1. The number of hydrogen-bond donors (Lipinski definition) is 1. The van der Waals surface area contributed by atoms with Gasteiger partial charge in [0.1, 0.15) is 4.91 Å². The summed E-state index contributed by atoms with van der Waals surface area (Å²) in [6.45, 7) is 1.79. The lowest BCUT2D eigenvalue weighted by atomic mass is 9.82. The third-order valence-corrected chi connectivity index (χ3v) is 7.32. The van der Waals surface area contributed by atoms with Crippen LogP contribution in [0.1, 0.15) is 36.0 Å². The minimum absolute atomic E-state index is 0.0628. The van der Waals surface area contributed by atoms with Gasteiger partial charge in [-0.15, -0.1) is 0 Å². The molecule has 0 radical (unpaired) electrons. The molecule has 1 amide bonds. The SMILES string of the molecule is COC(=O)c1ccc(-c2cccc(NC(=O)C3=C(C4CCC4)N4CCCN=C4S3)c2)cc1. The Morgan fingerprint density at radius 1 is 1.09 bits per heavy atom. The number of anilines is 1. The molecule has 1 fully saturated rings. The number of aliphatic imine (C=N–C) groups is 1. The van der Waals surface area contributed by atoms with Crippen molar-refractivity contribution in [3.8, 4) is 11.1 Å². The molecule has 164 valence electrons. The first-order chi connectivity index (χ1) is 15.6. The number of nitrogens with zero attached hydrogens (tertiary/aromatic N) is 2. The standard InChI is InChI=1S/C25H25N3O3S/c1-31-24(30)18-11-9-16(10-12-18)19-7-3-8-20(15-19)27-23(29)22-21(17-5-2-6-17)28-14-4-13-26-25(28)32-22/h3,7-12,15,17H,2,4-6,13-14H2,1H3,(H,27,29). The summed E-state index contributed by atoms with van der Waals surface area (Å²) in [6.07, 6.45) is 4.55. The quantitative estimate of drug-likeness (QED) is 0.660. The van der Waals surface area contributed by atoms with Crippen LogP contribution in [0.15, 0.2) is 64.1 Å². The van der Waals surface area contributed by atoms with E-state index in [0.717, 1.165) is 59.2 Å². The van der Waals surface area contributed by atoms with E-state index in [-0.39, 0.29) is 11.9 Å². The van der Waals surface area contributed by atoms with Gasteiger partial charge in [0.05, 0.1) is 12.7 Å². The second-order valence-electron chi connectivity index (χ2n) is 8.22. The smallest absolute Gasteiger partial charge is 0.337 e. The third kappa shape index (κ3) is 3.93. The largest absolute Gasteiger partial charge is 0.465 e. The molecule has 2 aromatic carbocycles. The zero-order valence-electron chi connectivity index (χ0n) is 18.0. The van der Waals surface area contributed by atoms with Crippen molar-refractivity contribution in [2.75, 3.05) is 25.5 Å². The maximum atomic E-state index is 13.3. The molecule has 5 rings (SSSR count). The molecule has 0 atom stereocenters. The van der Waals surface area contributed by atoms with Crippen molar-refractivity contribution < 1.29 is 14.3 Å². The lowest BCUT2D eigenvalue weighted by Gasteiger charge is -2.34. The summed E-state index contributed by atoms with van der Waals surface area (Å²) < 4.78 is 4.76. The summed E-state index contributed by atoms with van der Waals surface area (Å²) in [5.74, 6) is 0.0454. The van der Waals surface area contributed by atoms with E-state index in [9.17, 15) is 9.59 Å². The van der Waals surface area contributed by atoms with E-state index in [4.69, 9.17) is 4.74 Å². The van der Waals surface area contributed by atoms with Gasteiger partial charge in [-0.2, -0.15) is 0 Å². The average molecular weight is 448 g/mol. The fourth-order valence-corrected chi connectivity index (χ4v) is 5.46. The summed E-state index contributed by atoms with van der Waals surface area (Å²) in [4.78, 5) is 32.7. The number of carbonyl (C=O) groups excluding carboxylic acids is 2. The van der Waals surface area contributed by atoms with Crippen LogP contribution in [0, 0.1) is 5.92 Å². The molecular formula is C25H25N3O3S. The Morgan fingerprint density at radius 3 is 2.62 bits per heavy atom. The zero-order valence-corrected chi connectivity index (χ0v) is 18.8. The summed E-state index contributed by atoms with van der Waals surface area (Å²) in [7, 11) is 1.37. The Morgan fingerprint density at radius 2 is 1.91 bits per heavy atom. The summed E-state index contributed by atoms with van der Waals surface area (Å²) in [5.41, 5.74) is 4.36. The Balaban J connectivity index is 1.37. The van der Waals surface area contributed by atoms with Crippen LogP contribution >= 0.6 is 11.8 Å². The van der Waals surface area contributed by atoms with E-state index in [1.54, 1.807) is 12.1 Å². The van der Waals surface area contributed by atoms with Crippen molar-refractivity contribution in [1.29, 1.82) is 0 Å². The molecule has 32 heavy (non-hydrogen) atoms. The van der Waals surface area contributed by atoms with E-state index in [1.165, 1.54) is 31.0 Å². The van der Waals surface area contributed by atoms with Crippen LogP contribution in [0.25, 0.3) is 11.1 Å². The summed E-state index contributed by atoms with van der Waals surface area (Å²) in [6, 6.07) is 15.0. The Bertz CT molecular complexity index is 1120. The number of benzene rings is 2. The van der Waals surface area contributed by atoms with Crippen LogP contribution in [-0.4, -0.2) is 42.1 Å². The number of esters is 1. The van der Waals surface area contributed by atoms with Crippen LogP contribution < -0.4 is 5.32 Å². The number of carbonyl (C=O) groups is 2. The van der Waals surface area contributed by atoms with Crippen molar-refractivity contribution in [2.45, 2.75) is 25.7 Å². The van der Waals surface area contributed by atoms with Gasteiger partial charge in [-0.25, -0.2) is 4.79 Å². The topological polar surface area (TPSA) is 71.0 Å². The number of fused-ring (bicyclic) bond motifs is 1. The minimum atomic E-state index is -0.358. The molecule has 0 unspecified atom stereocenters. The van der Waals surface area contributed by atoms with Crippen LogP contribution in [0.2, 0.25) is 0 Å². The van der Waals surface area contributed by atoms with Crippen LogP contribution in [0.4, 0.5) is 5.69 Å². The molecule has 3 aliphatic rings. The normalized spacial score (nSPS) is 18.0. The molecule has 0 saturated heterocycles. The molecule has 2 heterocycles. The molecule has 2 aromatic rings. The van der Waals surface area contributed by atoms with Gasteiger partial charge in [0.25, 0.3) is 5.91 Å². The lowest BCUT2D eigenvalue weighted by molar-refractivity contribution is -0.112. The number of nitrogens with one attached hydrogen (secondary N) is 1. The summed E-state index contributed by atoms with van der Waals surface area (Å²) in [5, 5.41) is 4.08. The second-order valence-corrected chi connectivity index (χ2v) is 9.20. The molecular weight excluding hydrogens is 422 g/mol. The number of amidine groups is 1. The van der Waals surface area contributed by atoms with Gasteiger partial charge in [0.2, 0.25) is 0 Å². The first kappa shape index (κ1) is 20.8. The van der Waals surface area contributed by atoms with Crippen molar-refractivity contribution in [1.82, 2.24) is 4.90 Å². The highest BCUT2D eigenvalue weighted by Crippen LogP contribution is 2.46. The highest BCUT2D eigenvalue weighted by Gasteiger charge is 2.39. The number of hydrogen-bond acceptors (Lipinski definition) is 6. The second kappa shape index (κ2) is 8.82. The number of ether oxygens (including phenoxy) is 1. The Hall–Kier alpha value is -3.06. The number of thioether (sulfide) groups is 1. The number of methoxy groups -OCH3 is 1. The van der Waals surface area contributed by atoms with Gasteiger partial charge >= 0.3 is 5.97 Å². The maximum Gasteiger partial charge on any atom is 0.337 e. The van der Waals surface area contributed by atoms with Gasteiger partial charge in [0, 0.05) is 30.4 Å². The highest BCUT2D eigenvalue weighted by molar-refractivity contribution is 8.18. The minimum Gasteiger partial charge on any atom is -0.465 e. The van der Waals surface area contributed by atoms with Crippen LogP contribution in [0.5, 0.6) is 0 Å². The van der Waals surface area contributed by atoms with E-state index < -0.39 is 0 Å². The predicted molar refractivity (Wildman–Crippen MR) is 127 cm³/mol. The van der Waals surface area contributed by atoms with E-state index >= 15 is 0 Å². The number of allylic oxidation sites excluding steroid dienone is 1. The van der Waals surface area contributed by atoms with Crippen LogP contribution in [0.3, 0.4) is 0 Å². The molecule has 0 aromatic heterocycles. The van der Waals surface area contributed by atoms with Crippen molar-refractivity contribution in [3.63, 3.8) is 0 Å². The number of amides is 1. The molecule has 7 heteroatoms. The molecule has 1 aliphatic carbocycles. The third-order valence-electron chi connectivity index (χ3n) is 6.19. The summed E-state index contributed by atoms with van der Waals surface area (Å²) >= 11 is 1.51. The fourth-order valence-electron chi connectivity index (χ4n) is 4.29. The van der Waals surface area contributed by atoms with Gasteiger partial charge in [-0.3, -0.25) is 9.79 Å². The molecule has 2 aliphatic heterocycles. The van der Waals surface area contributed by atoms with E-state index in [1.807, 2.05) is 36.4 Å². The van der Waals surface area contributed by atoms with Gasteiger partial charge in [-0.1, -0.05) is 30.7 Å². The van der Waals surface area contributed by atoms with Gasteiger partial charge in [0.15, 0.2) is 5.17 Å². The monoisotopic (exact) mass is 447 g/mol. The first-order valence-electron chi connectivity index (χ1n) is 11.0. The van der Waals surface area contributed by atoms with E-state index in [2.05, 4.69) is 15.2 Å². The van der Waals surface area contributed by atoms with Crippen molar-refractivity contribution >= 4 is 34.5 Å². The van der Waals surface area contributed by atoms with Crippen molar-refractivity contribution in [2.24, 2.45) is 10.9 Å². The first-order valence-corrected chi connectivity index (χ1v) is 11.8. The van der Waals surface area contributed by atoms with Crippen LogP contribution in [-0.2, 0) is 9.53 Å². The average Bonchev–Trinajstić information content (AvgIpc) is 3.17. The maximum absolute atomic E-state index is 13.3. The highest BCUT2D eigenvalue weighted by atomic mass is 32.2. The number of rotatable bonds is 5. The Labute approximate surface area is 191 Å². The molecule has 6 nitrogen and oxygen atoms in total. The fraction of sp³-hybridized carbons (Fsp3) is 0.320. The predicted octanol–water partition coefficient (Wildman–Crippen LogP) is 4.90. The molecule has 0 bridgehead atoms. The van der Waals surface area contributed by atoms with Gasteiger partial charge in [-0.05, 0) is 66.4 Å². The Kier molecular flexibility index (Phi) is 5.74. The van der Waals surface area contributed by atoms with Gasteiger partial charge < -0.3 is 15.0 Å².